The molecule has 0 saturated heterocycles. The maximum absolute atomic E-state index is 12.9. The molecule has 0 aliphatic rings. The van der Waals surface area contributed by atoms with E-state index in [1.807, 2.05) is 0 Å². The lowest BCUT2D eigenvalue weighted by molar-refractivity contribution is 0.0468. The van der Waals surface area contributed by atoms with Crippen molar-refractivity contribution in [2.75, 3.05) is 14.1 Å². The van der Waals surface area contributed by atoms with Crippen molar-refractivity contribution in [2.45, 2.75) is 18.1 Å². The van der Waals surface area contributed by atoms with Gasteiger partial charge in [0, 0.05) is 19.5 Å². The van der Waals surface area contributed by atoms with Crippen LogP contribution in [-0.4, -0.2) is 37.8 Å². The predicted molar refractivity (Wildman–Crippen MR) is 109 cm³/mol. The molecule has 7 nitrogen and oxygen atoms in total. The summed E-state index contributed by atoms with van der Waals surface area (Å²) in [6.07, 6.45) is 0. The zero-order valence-electron chi connectivity index (χ0n) is 16.2. The van der Waals surface area contributed by atoms with Gasteiger partial charge in [-0.2, -0.15) is 0 Å². The van der Waals surface area contributed by atoms with Crippen LogP contribution in [0, 0.1) is 5.82 Å². The highest BCUT2D eigenvalue weighted by molar-refractivity contribution is 7.89. The minimum Gasteiger partial charge on any atom is -0.486 e. The fourth-order valence-corrected chi connectivity index (χ4v) is 4.01. The molecule has 0 aliphatic carbocycles. The third-order valence-corrected chi connectivity index (χ3v) is 6.66. The molecule has 30 heavy (non-hydrogen) atoms. The van der Waals surface area contributed by atoms with Crippen LogP contribution < -0.4 is 4.74 Å². The molecule has 0 N–H and O–H groups in total. The van der Waals surface area contributed by atoms with Gasteiger partial charge in [-0.3, -0.25) is 0 Å². The van der Waals surface area contributed by atoms with Gasteiger partial charge in [-0.05, 0) is 42.5 Å². The molecule has 1 heterocycles. The number of esters is 1. The Morgan fingerprint density at radius 1 is 1.13 bits per heavy atom. The lowest BCUT2D eigenvalue weighted by atomic mass is 10.2. The summed E-state index contributed by atoms with van der Waals surface area (Å²) < 4.78 is 49.2. The topological polar surface area (TPSA) is 85.8 Å². The first-order valence-corrected chi connectivity index (χ1v) is 11.1. The molecule has 0 aliphatic heterocycles. The van der Waals surface area contributed by atoms with Crippen molar-refractivity contribution in [3.8, 4) is 5.75 Å². The number of ether oxygens (including phenoxy) is 2. The maximum Gasteiger partial charge on any atom is 0.338 e. The normalized spacial score (nSPS) is 11.5. The number of carbonyl (C=O) groups is 1. The van der Waals surface area contributed by atoms with Crippen molar-refractivity contribution in [1.82, 2.24) is 9.29 Å². The third kappa shape index (κ3) is 5.41. The Labute approximate surface area is 177 Å². The van der Waals surface area contributed by atoms with E-state index < -0.39 is 16.0 Å². The van der Waals surface area contributed by atoms with Gasteiger partial charge in [0.2, 0.25) is 10.0 Å². The van der Waals surface area contributed by atoms with Crippen LogP contribution in [0.15, 0.2) is 58.8 Å². The van der Waals surface area contributed by atoms with E-state index in [1.165, 1.54) is 74.0 Å². The van der Waals surface area contributed by atoms with E-state index in [4.69, 9.17) is 9.47 Å². The summed E-state index contributed by atoms with van der Waals surface area (Å²) in [7, 11) is -0.815. The fraction of sp³-hybridized carbons (Fsp3) is 0.200. The number of halogens is 1. The molecule has 1 aromatic heterocycles. The van der Waals surface area contributed by atoms with E-state index in [2.05, 4.69) is 4.98 Å². The minimum absolute atomic E-state index is 0.0100. The van der Waals surface area contributed by atoms with E-state index in [9.17, 15) is 17.6 Å². The Balaban J connectivity index is 1.57. The number of hydrogen-bond acceptors (Lipinski definition) is 7. The Morgan fingerprint density at radius 2 is 1.87 bits per heavy atom. The van der Waals surface area contributed by atoms with Crippen molar-refractivity contribution >= 4 is 27.3 Å². The highest BCUT2D eigenvalue weighted by Crippen LogP contribution is 2.18. The molecule has 0 radical (unpaired) electrons. The quantitative estimate of drug-likeness (QED) is 0.489. The van der Waals surface area contributed by atoms with Crippen molar-refractivity contribution in [3.05, 3.63) is 76.0 Å². The van der Waals surface area contributed by atoms with Gasteiger partial charge < -0.3 is 9.47 Å². The molecule has 0 bridgehead atoms. The molecule has 10 heteroatoms. The van der Waals surface area contributed by atoms with Crippen molar-refractivity contribution in [1.29, 1.82) is 0 Å². The number of hydrogen-bond donors (Lipinski definition) is 0. The van der Waals surface area contributed by atoms with Gasteiger partial charge in [-0.15, -0.1) is 11.3 Å². The SMILES string of the molecule is CN(C)S(=O)(=O)c1cccc(C(=O)OCc2csc(COc3ccc(F)cc3)n2)c1. The van der Waals surface area contributed by atoms with Gasteiger partial charge in [0.15, 0.2) is 0 Å². The van der Waals surface area contributed by atoms with Crippen LogP contribution in [0.2, 0.25) is 0 Å². The van der Waals surface area contributed by atoms with Crippen LogP contribution >= 0.6 is 11.3 Å². The zero-order valence-corrected chi connectivity index (χ0v) is 17.9. The van der Waals surface area contributed by atoms with Crippen molar-refractivity contribution in [2.24, 2.45) is 0 Å². The third-order valence-electron chi connectivity index (χ3n) is 3.97. The van der Waals surface area contributed by atoms with Gasteiger partial charge in [0.05, 0.1) is 16.2 Å². The van der Waals surface area contributed by atoms with E-state index >= 15 is 0 Å². The average molecular weight is 451 g/mol. The van der Waals surface area contributed by atoms with E-state index in [0.29, 0.717) is 16.5 Å². The summed E-state index contributed by atoms with van der Waals surface area (Å²) in [5.41, 5.74) is 0.677. The summed E-state index contributed by atoms with van der Waals surface area (Å²) in [6, 6.07) is 11.3. The monoisotopic (exact) mass is 450 g/mol. The van der Waals surface area contributed by atoms with Crippen LogP contribution in [0.1, 0.15) is 21.1 Å². The average Bonchev–Trinajstić information content (AvgIpc) is 3.19. The van der Waals surface area contributed by atoms with Crippen LogP contribution in [0.25, 0.3) is 0 Å². The number of aromatic nitrogens is 1. The second kappa shape index (κ2) is 9.33. The predicted octanol–water partition coefficient (Wildman–Crippen LogP) is 3.47. The number of thiazole rings is 1. The van der Waals surface area contributed by atoms with Crippen LogP contribution in [0.4, 0.5) is 4.39 Å². The van der Waals surface area contributed by atoms with Crippen LogP contribution in [0.3, 0.4) is 0 Å². The zero-order chi connectivity index (χ0) is 21.7. The first-order valence-electron chi connectivity index (χ1n) is 8.77. The molecule has 3 rings (SSSR count). The van der Waals surface area contributed by atoms with Crippen LogP contribution in [0.5, 0.6) is 5.75 Å². The van der Waals surface area contributed by atoms with Gasteiger partial charge in [0.25, 0.3) is 0 Å². The maximum atomic E-state index is 12.9. The van der Waals surface area contributed by atoms with Crippen molar-refractivity contribution < 1.29 is 27.1 Å². The van der Waals surface area contributed by atoms with E-state index in [0.717, 1.165) is 4.31 Å². The standard InChI is InChI=1S/C20H19FN2O5S2/c1-23(2)30(25,26)18-5-3-4-14(10-18)20(24)28-11-16-13-29-19(22-16)12-27-17-8-6-15(21)7-9-17/h3-10,13H,11-12H2,1-2H3. The number of nitrogens with zero attached hydrogens (tertiary/aromatic N) is 2. The lowest BCUT2D eigenvalue weighted by Gasteiger charge is -2.12. The summed E-state index contributed by atoms with van der Waals surface area (Å²) in [5.74, 6) is -0.472. The number of rotatable bonds is 8. The summed E-state index contributed by atoms with van der Waals surface area (Å²) in [4.78, 5) is 16.6. The molecule has 3 aromatic rings. The largest absolute Gasteiger partial charge is 0.486 e. The van der Waals surface area contributed by atoms with Crippen molar-refractivity contribution in [3.63, 3.8) is 0 Å². The van der Waals surface area contributed by atoms with Gasteiger partial charge in [-0.25, -0.2) is 26.9 Å². The number of sulfonamides is 1. The second-order valence-electron chi connectivity index (χ2n) is 6.37. The first kappa shape index (κ1) is 21.9. The summed E-state index contributed by atoms with van der Waals surface area (Å²) >= 11 is 1.34. The molecule has 158 valence electrons. The second-order valence-corrected chi connectivity index (χ2v) is 9.46. The Hall–Kier alpha value is -2.82. The Bertz CT molecular complexity index is 1130. The number of benzene rings is 2. The van der Waals surface area contributed by atoms with E-state index in [-0.39, 0.29) is 29.5 Å². The smallest absolute Gasteiger partial charge is 0.338 e. The molecule has 0 amide bonds. The molecule has 2 aromatic carbocycles. The van der Waals surface area contributed by atoms with E-state index in [1.54, 1.807) is 5.38 Å². The summed E-state index contributed by atoms with van der Waals surface area (Å²) in [6.45, 7) is 0.144. The molecule has 0 spiro atoms. The fourth-order valence-electron chi connectivity index (χ4n) is 2.37. The van der Waals surface area contributed by atoms with Gasteiger partial charge >= 0.3 is 5.97 Å². The first-order chi connectivity index (χ1) is 14.3. The highest BCUT2D eigenvalue weighted by Gasteiger charge is 2.19. The number of carbonyl (C=O) groups excluding carboxylic acids is 1. The molecule has 0 fully saturated rings. The molecule has 0 saturated carbocycles. The van der Waals surface area contributed by atoms with Crippen LogP contribution in [-0.2, 0) is 28.0 Å². The highest BCUT2D eigenvalue weighted by atomic mass is 32.2. The molecule has 0 unspecified atom stereocenters. The minimum atomic E-state index is -3.65. The van der Waals surface area contributed by atoms with Gasteiger partial charge in [-0.1, -0.05) is 6.07 Å². The molecular formula is C20H19FN2O5S2. The Morgan fingerprint density at radius 3 is 2.57 bits per heavy atom. The molecule has 0 atom stereocenters. The lowest BCUT2D eigenvalue weighted by Crippen LogP contribution is -2.22. The Kier molecular flexibility index (Phi) is 6.80. The van der Waals surface area contributed by atoms with Gasteiger partial charge in [0.1, 0.15) is 29.8 Å². The molecular weight excluding hydrogens is 431 g/mol. The summed E-state index contributed by atoms with van der Waals surface area (Å²) in [5, 5.41) is 2.41.